The summed E-state index contributed by atoms with van der Waals surface area (Å²) < 4.78 is 2.28. The summed E-state index contributed by atoms with van der Waals surface area (Å²) in [5.41, 5.74) is 0. The monoisotopic (exact) mass is 178 g/mol. The van der Waals surface area contributed by atoms with Gasteiger partial charge in [0, 0.05) is 18.4 Å². The molecule has 1 aromatic rings. The Morgan fingerprint density at radius 3 is 3.08 bits per heavy atom. The normalized spacial score (nSPS) is 29.0. The summed E-state index contributed by atoms with van der Waals surface area (Å²) in [6.45, 7) is 2.31. The highest BCUT2D eigenvalue weighted by Gasteiger charge is 2.21. The molecular weight excluding hydrogens is 160 g/mol. The van der Waals surface area contributed by atoms with Gasteiger partial charge in [0.2, 0.25) is 0 Å². The zero-order valence-electron chi connectivity index (χ0n) is 8.32. The van der Waals surface area contributed by atoms with E-state index in [0.717, 1.165) is 12.0 Å². The molecule has 0 aliphatic heterocycles. The van der Waals surface area contributed by atoms with E-state index in [2.05, 4.69) is 22.7 Å². The lowest BCUT2D eigenvalue weighted by molar-refractivity contribution is 0.261. The maximum atomic E-state index is 4.11. The van der Waals surface area contributed by atoms with E-state index in [1.165, 1.54) is 32.1 Å². The number of hydrogen-bond acceptors (Lipinski definition) is 1. The molecule has 0 bridgehead atoms. The van der Waals surface area contributed by atoms with Crippen LogP contribution in [0.25, 0.3) is 0 Å². The molecule has 1 aliphatic carbocycles. The van der Waals surface area contributed by atoms with Gasteiger partial charge in [0.25, 0.3) is 0 Å². The van der Waals surface area contributed by atoms with E-state index in [-0.39, 0.29) is 0 Å². The topological polar surface area (TPSA) is 17.8 Å². The molecule has 1 saturated carbocycles. The van der Waals surface area contributed by atoms with Crippen molar-refractivity contribution in [2.75, 3.05) is 0 Å². The fourth-order valence-electron chi connectivity index (χ4n) is 2.39. The van der Waals surface area contributed by atoms with Crippen LogP contribution in [-0.2, 0) is 0 Å². The molecule has 0 saturated heterocycles. The standard InChI is InChI=1S/C11H18N2/c1-2-10-4-3-5-11(8-10)13-7-6-12-9-13/h6-7,9-11H,2-5,8H2,1H3. The van der Waals surface area contributed by atoms with Crippen molar-refractivity contribution in [3.05, 3.63) is 18.7 Å². The van der Waals surface area contributed by atoms with Gasteiger partial charge < -0.3 is 4.57 Å². The van der Waals surface area contributed by atoms with Gasteiger partial charge in [-0.15, -0.1) is 0 Å². The molecule has 0 N–H and O–H groups in total. The Labute approximate surface area is 80.0 Å². The molecule has 2 nitrogen and oxygen atoms in total. The maximum Gasteiger partial charge on any atom is 0.0948 e. The second-order valence-electron chi connectivity index (χ2n) is 4.10. The first-order valence-electron chi connectivity index (χ1n) is 5.37. The van der Waals surface area contributed by atoms with Crippen LogP contribution in [0.3, 0.4) is 0 Å². The van der Waals surface area contributed by atoms with E-state index in [1.807, 2.05) is 12.5 Å². The molecule has 2 rings (SSSR count). The molecule has 72 valence electrons. The molecule has 13 heavy (non-hydrogen) atoms. The Kier molecular flexibility index (Phi) is 2.67. The Bertz CT molecular complexity index is 241. The number of nitrogens with zero attached hydrogens (tertiary/aromatic N) is 2. The number of rotatable bonds is 2. The second kappa shape index (κ2) is 3.95. The molecular formula is C11H18N2. The van der Waals surface area contributed by atoms with E-state index in [4.69, 9.17) is 0 Å². The molecule has 0 aromatic carbocycles. The molecule has 2 atom stereocenters. The van der Waals surface area contributed by atoms with Crippen LogP contribution in [0, 0.1) is 5.92 Å². The van der Waals surface area contributed by atoms with Crippen molar-refractivity contribution >= 4 is 0 Å². The van der Waals surface area contributed by atoms with Gasteiger partial charge in [-0.25, -0.2) is 4.98 Å². The lowest BCUT2D eigenvalue weighted by Gasteiger charge is -2.29. The largest absolute Gasteiger partial charge is 0.334 e. The summed E-state index contributed by atoms with van der Waals surface area (Å²) in [5.74, 6) is 0.946. The van der Waals surface area contributed by atoms with Gasteiger partial charge in [-0.05, 0) is 18.8 Å². The van der Waals surface area contributed by atoms with Crippen LogP contribution in [0.5, 0.6) is 0 Å². The highest BCUT2D eigenvalue weighted by Crippen LogP contribution is 2.33. The summed E-state index contributed by atoms with van der Waals surface area (Å²) in [4.78, 5) is 4.11. The summed E-state index contributed by atoms with van der Waals surface area (Å²) >= 11 is 0. The van der Waals surface area contributed by atoms with Crippen LogP contribution in [0.4, 0.5) is 0 Å². The molecule has 1 aliphatic rings. The van der Waals surface area contributed by atoms with Crippen molar-refractivity contribution in [3.63, 3.8) is 0 Å². The molecule has 1 aromatic heterocycles. The smallest absolute Gasteiger partial charge is 0.0948 e. The number of aromatic nitrogens is 2. The third-order valence-corrected chi connectivity index (χ3v) is 3.28. The minimum atomic E-state index is 0.723. The van der Waals surface area contributed by atoms with Crippen molar-refractivity contribution in [2.45, 2.75) is 45.1 Å². The van der Waals surface area contributed by atoms with Gasteiger partial charge in [0.05, 0.1) is 6.33 Å². The van der Waals surface area contributed by atoms with Gasteiger partial charge in [-0.3, -0.25) is 0 Å². The van der Waals surface area contributed by atoms with E-state index >= 15 is 0 Å². The Hall–Kier alpha value is -0.790. The quantitative estimate of drug-likeness (QED) is 0.680. The van der Waals surface area contributed by atoms with Crippen molar-refractivity contribution in [2.24, 2.45) is 5.92 Å². The third kappa shape index (κ3) is 1.93. The van der Waals surface area contributed by atoms with Gasteiger partial charge in [0.15, 0.2) is 0 Å². The van der Waals surface area contributed by atoms with Gasteiger partial charge >= 0.3 is 0 Å². The average Bonchev–Trinajstić information content (AvgIpc) is 2.71. The minimum Gasteiger partial charge on any atom is -0.334 e. The molecule has 1 fully saturated rings. The molecule has 1 heterocycles. The third-order valence-electron chi connectivity index (χ3n) is 3.28. The summed E-state index contributed by atoms with van der Waals surface area (Å²) in [6, 6.07) is 0.723. The SMILES string of the molecule is CCC1CCCC(n2ccnc2)C1. The van der Waals surface area contributed by atoms with Crippen LogP contribution >= 0.6 is 0 Å². The first-order chi connectivity index (χ1) is 6.40. The number of imidazole rings is 1. The van der Waals surface area contributed by atoms with E-state index in [0.29, 0.717) is 0 Å². The van der Waals surface area contributed by atoms with Crippen LogP contribution in [-0.4, -0.2) is 9.55 Å². The Morgan fingerprint density at radius 1 is 1.46 bits per heavy atom. The highest BCUT2D eigenvalue weighted by atomic mass is 15.0. The van der Waals surface area contributed by atoms with Crippen LogP contribution in [0.15, 0.2) is 18.7 Å². The first kappa shape index (κ1) is 8.79. The zero-order valence-corrected chi connectivity index (χ0v) is 8.32. The van der Waals surface area contributed by atoms with Crippen molar-refractivity contribution in [3.8, 4) is 0 Å². The van der Waals surface area contributed by atoms with Crippen molar-refractivity contribution in [1.29, 1.82) is 0 Å². The second-order valence-corrected chi connectivity index (χ2v) is 4.10. The van der Waals surface area contributed by atoms with E-state index in [1.54, 1.807) is 0 Å². The predicted octanol–water partition coefficient (Wildman–Crippen LogP) is 3.02. The Morgan fingerprint density at radius 2 is 2.38 bits per heavy atom. The van der Waals surface area contributed by atoms with E-state index in [9.17, 15) is 0 Å². The molecule has 0 spiro atoms. The average molecular weight is 178 g/mol. The van der Waals surface area contributed by atoms with E-state index < -0.39 is 0 Å². The lowest BCUT2D eigenvalue weighted by atomic mass is 9.84. The molecule has 2 heteroatoms. The summed E-state index contributed by atoms with van der Waals surface area (Å²) in [6.07, 6.45) is 12.8. The fraction of sp³-hybridized carbons (Fsp3) is 0.727. The van der Waals surface area contributed by atoms with Crippen molar-refractivity contribution < 1.29 is 0 Å². The fourth-order valence-corrected chi connectivity index (χ4v) is 2.39. The number of hydrogen-bond donors (Lipinski definition) is 0. The van der Waals surface area contributed by atoms with Crippen molar-refractivity contribution in [1.82, 2.24) is 9.55 Å². The van der Waals surface area contributed by atoms with Crippen LogP contribution in [0.1, 0.15) is 45.1 Å². The summed E-state index contributed by atoms with van der Waals surface area (Å²) in [7, 11) is 0. The minimum absolute atomic E-state index is 0.723. The highest BCUT2D eigenvalue weighted by molar-refractivity contribution is 4.84. The van der Waals surface area contributed by atoms with Crippen LogP contribution in [0.2, 0.25) is 0 Å². The van der Waals surface area contributed by atoms with Gasteiger partial charge in [0.1, 0.15) is 0 Å². The summed E-state index contributed by atoms with van der Waals surface area (Å²) in [5, 5.41) is 0. The lowest BCUT2D eigenvalue weighted by Crippen LogP contribution is -2.17. The maximum absolute atomic E-state index is 4.11. The van der Waals surface area contributed by atoms with Gasteiger partial charge in [-0.2, -0.15) is 0 Å². The van der Waals surface area contributed by atoms with Crippen LogP contribution < -0.4 is 0 Å². The Balaban J connectivity index is 2.00. The zero-order chi connectivity index (χ0) is 9.10. The molecule has 0 amide bonds. The predicted molar refractivity (Wildman–Crippen MR) is 53.5 cm³/mol. The molecule has 2 unspecified atom stereocenters. The first-order valence-corrected chi connectivity index (χ1v) is 5.37. The van der Waals surface area contributed by atoms with Gasteiger partial charge in [-0.1, -0.05) is 26.2 Å². The molecule has 0 radical (unpaired) electrons.